The first kappa shape index (κ1) is 13.9. The van der Waals surface area contributed by atoms with Gasteiger partial charge in [0.2, 0.25) is 6.41 Å². The van der Waals surface area contributed by atoms with E-state index in [-0.39, 0.29) is 11.9 Å². The molecule has 2 amide bonds. The lowest BCUT2D eigenvalue weighted by atomic mass is 10.0. The molecule has 2 aliphatic rings. The minimum absolute atomic E-state index is 0.0358. The van der Waals surface area contributed by atoms with Crippen LogP contribution in [0.1, 0.15) is 25.7 Å². The Kier molecular flexibility index (Phi) is 4.79. The van der Waals surface area contributed by atoms with Crippen molar-refractivity contribution < 1.29 is 14.3 Å². The van der Waals surface area contributed by atoms with Crippen LogP contribution in [-0.2, 0) is 14.3 Å². The van der Waals surface area contributed by atoms with E-state index >= 15 is 0 Å². The summed E-state index contributed by atoms with van der Waals surface area (Å²) >= 11 is 0. The third-order valence-electron chi connectivity index (χ3n) is 3.65. The fraction of sp³-hybridized carbons (Fsp3) is 0.692. The molecule has 106 valence electrons. The van der Waals surface area contributed by atoms with E-state index in [1.54, 1.807) is 7.05 Å². The number of ether oxygens (including phenoxy) is 1. The number of hydrogen-bond donors (Lipinski definition) is 2. The highest BCUT2D eigenvalue weighted by Gasteiger charge is 2.29. The van der Waals surface area contributed by atoms with Gasteiger partial charge >= 0.3 is 0 Å². The first-order valence-electron chi connectivity index (χ1n) is 6.78. The van der Waals surface area contributed by atoms with Crippen LogP contribution in [0.25, 0.3) is 0 Å². The fourth-order valence-electron chi connectivity index (χ4n) is 2.58. The third-order valence-corrected chi connectivity index (χ3v) is 3.65. The van der Waals surface area contributed by atoms with E-state index < -0.39 is 0 Å². The maximum atomic E-state index is 12.5. The lowest BCUT2D eigenvalue weighted by Gasteiger charge is -2.32. The summed E-state index contributed by atoms with van der Waals surface area (Å²) in [6, 6.07) is -0.0358. The van der Waals surface area contributed by atoms with Crippen molar-refractivity contribution in [2.45, 2.75) is 31.7 Å². The van der Waals surface area contributed by atoms with E-state index in [2.05, 4.69) is 10.6 Å². The zero-order chi connectivity index (χ0) is 13.7. The Balaban J connectivity index is 2.15. The van der Waals surface area contributed by atoms with Gasteiger partial charge < -0.3 is 15.4 Å². The summed E-state index contributed by atoms with van der Waals surface area (Å²) in [6.07, 6.45) is 3.72. The monoisotopic (exact) mass is 267 g/mol. The number of hydrogen-bond acceptors (Lipinski definition) is 5. The molecule has 2 heterocycles. The molecule has 0 spiro atoms. The molecule has 0 aromatic heterocycles. The summed E-state index contributed by atoms with van der Waals surface area (Å²) < 4.78 is 5.27. The van der Waals surface area contributed by atoms with Crippen LogP contribution in [0.15, 0.2) is 11.4 Å². The van der Waals surface area contributed by atoms with Gasteiger partial charge in [-0.2, -0.15) is 0 Å². The molecule has 1 fully saturated rings. The smallest absolute Gasteiger partial charge is 0.260 e. The fourth-order valence-corrected chi connectivity index (χ4v) is 2.58. The van der Waals surface area contributed by atoms with Crippen molar-refractivity contribution in [2.75, 3.05) is 26.8 Å². The van der Waals surface area contributed by atoms with Gasteiger partial charge in [0.15, 0.2) is 0 Å². The molecule has 6 nitrogen and oxygen atoms in total. The Hall–Kier alpha value is -1.56. The lowest BCUT2D eigenvalue weighted by molar-refractivity contribution is -0.140. The normalized spacial score (nSPS) is 20.7. The van der Waals surface area contributed by atoms with Crippen LogP contribution < -0.4 is 10.6 Å². The highest BCUT2D eigenvalue weighted by Crippen LogP contribution is 2.20. The minimum Gasteiger partial charge on any atom is -0.381 e. The van der Waals surface area contributed by atoms with E-state index in [4.69, 9.17) is 4.74 Å². The van der Waals surface area contributed by atoms with Crippen LogP contribution >= 0.6 is 0 Å². The number of imide groups is 1. The number of carbonyl (C=O) groups is 2. The molecule has 2 rings (SSSR count). The molecule has 0 radical (unpaired) electrons. The second-order valence-electron chi connectivity index (χ2n) is 4.80. The molecule has 0 saturated carbocycles. The Morgan fingerprint density at radius 1 is 1.47 bits per heavy atom. The molecule has 6 heteroatoms. The van der Waals surface area contributed by atoms with E-state index in [0.29, 0.717) is 31.6 Å². The molecule has 2 aliphatic heterocycles. The number of nitrogens with zero attached hydrogens (tertiary/aromatic N) is 1. The van der Waals surface area contributed by atoms with E-state index in [0.717, 1.165) is 31.6 Å². The molecule has 2 N–H and O–H groups in total. The maximum absolute atomic E-state index is 12.5. The van der Waals surface area contributed by atoms with Crippen LogP contribution in [0, 0.1) is 0 Å². The van der Waals surface area contributed by atoms with Crippen molar-refractivity contribution in [2.24, 2.45) is 0 Å². The van der Waals surface area contributed by atoms with Crippen molar-refractivity contribution in [1.29, 1.82) is 0 Å². The number of nitrogens with one attached hydrogen (secondary N) is 2. The summed E-state index contributed by atoms with van der Waals surface area (Å²) in [5.41, 5.74) is 0.673. The molecular weight excluding hydrogens is 246 g/mol. The van der Waals surface area contributed by atoms with Crippen molar-refractivity contribution in [3.63, 3.8) is 0 Å². The van der Waals surface area contributed by atoms with Crippen molar-refractivity contribution in [3.8, 4) is 0 Å². The Bertz CT molecular complexity index is 375. The van der Waals surface area contributed by atoms with E-state index in [9.17, 15) is 9.59 Å². The van der Waals surface area contributed by atoms with Crippen LogP contribution in [0.3, 0.4) is 0 Å². The Morgan fingerprint density at radius 3 is 2.84 bits per heavy atom. The molecule has 0 bridgehead atoms. The number of carbonyl (C=O) groups excluding carboxylic acids is 2. The summed E-state index contributed by atoms with van der Waals surface area (Å²) in [4.78, 5) is 25.1. The predicted octanol–water partition coefficient (Wildman–Crippen LogP) is -0.0352. The van der Waals surface area contributed by atoms with Crippen molar-refractivity contribution >= 4 is 12.3 Å². The molecule has 0 aliphatic carbocycles. The lowest BCUT2D eigenvalue weighted by Crippen LogP contribution is -2.45. The summed E-state index contributed by atoms with van der Waals surface area (Å²) in [5.74, 6) is 0.564. The highest BCUT2D eigenvalue weighted by molar-refractivity contribution is 6.00. The predicted molar refractivity (Wildman–Crippen MR) is 70.1 cm³/mol. The third kappa shape index (κ3) is 3.07. The summed E-state index contributed by atoms with van der Waals surface area (Å²) in [7, 11) is 1.78. The standard InChI is InChI=1S/C13H21N3O3/c1-14-12-11(3-2-6-15-12)13(18)16(9-17)10-4-7-19-8-5-10/h9-10,14-15H,2-8H2,1H3. The first-order chi connectivity index (χ1) is 9.27. The van der Waals surface area contributed by atoms with Gasteiger partial charge in [0, 0.05) is 32.8 Å². The topological polar surface area (TPSA) is 70.7 Å². The van der Waals surface area contributed by atoms with Crippen LogP contribution in [0.4, 0.5) is 0 Å². The minimum atomic E-state index is -0.182. The molecule has 1 saturated heterocycles. The van der Waals surface area contributed by atoms with Gasteiger partial charge in [-0.3, -0.25) is 14.5 Å². The average molecular weight is 267 g/mol. The summed E-state index contributed by atoms with van der Waals surface area (Å²) in [5, 5.41) is 6.16. The van der Waals surface area contributed by atoms with Gasteiger partial charge in [-0.15, -0.1) is 0 Å². The zero-order valence-electron chi connectivity index (χ0n) is 11.3. The molecule has 0 aromatic rings. The van der Waals surface area contributed by atoms with Gasteiger partial charge in [-0.25, -0.2) is 0 Å². The second kappa shape index (κ2) is 6.56. The highest BCUT2D eigenvalue weighted by atomic mass is 16.5. The van der Waals surface area contributed by atoms with Crippen LogP contribution in [-0.4, -0.2) is 50.1 Å². The van der Waals surface area contributed by atoms with Gasteiger partial charge in [-0.1, -0.05) is 0 Å². The average Bonchev–Trinajstić information content (AvgIpc) is 2.49. The van der Waals surface area contributed by atoms with Crippen molar-refractivity contribution in [3.05, 3.63) is 11.4 Å². The first-order valence-corrected chi connectivity index (χ1v) is 6.78. The molecule has 19 heavy (non-hydrogen) atoms. The number of amides is 2. The van der Waals surface area contributed by atoms with Crippen LogP contribution in [0.2, 0.25) is 0 Å². The summed E-state index contributed by atoms with van der Waals surface area (Å²) in [6.45, 7) is 2.07. The van der Waals surface area contributed by atoms with Gasteiger partial charge in [0.05, 0.1) is 5.57 Å². The van der Waals surface area contributed by atoms with Crippen LogP contribution in [0.5, 0.6) is 0 Å². The van der Waals surface area contributed by atoms with Crippen molar-refractivity contribution in [1.82, 2.24) is 15.5 Å². The van der Waals surface area contributed by atoms with E-state index in [1.165, 1.54) is 4.90 Å². The van der Waals surface area contributed by atoms with Gasteiger partial charge in [0.1, 0.15) is 5.82 Å². The molecule has 0 atom stereocenters. The second-order valence-corrected chi connectivity index (χ2v) is 4.80. The molecular formula is C13H21N3O3. The Labute approximate surface area is 113 Å². The zero-order valence-corrected chi connectivity index (χ0v) is 11.3. The molecule has 0 aromatic carbocycles. The molecule has 0 unspecified atom stereocenters. The maximum Gasteiger partial charge on any atom is 0.260 e. The SMILES string of the molecule is CNC1=C(C(=O)N(C=O)C2CCOCC2)CCCN1. The quantitative estimate of drug-likeness (QED) is 0.700. The van der Waals surface area contributed by atoms with Gasteiger partial charge in [0.25, 0.3) is 5.91 Å². The van der Waals surface area contributed by atoms with Gasteiger partial charge in [-0.05, 0) is 25.7 Å². The largest absolute Gasteiger partial charge is 0.381 e. The Morgan fingerprint density at radius 2 is 2.21 bits per heavy atom. The number of rotatable bonds is 4. The van der Waals surface area contributed by atoms with E-state index in [1.807, 2.05) is 0 Å².